The third-order valence-corrected chi connectivity index (χ3v) is 7.40. The van der Waals surface area contributed by atoms with Crippen LogP contribution in [-0.2, 0) is 14.8 Å². The Hall–Kier alpha value is -3.76. The van der Waals surface area contributed by atoms with Gasteiger partial charge in [0, 0.05) is 7.05 Å². The van der Waals surface area contributed by atoms with Crippen LogP contribution in [0.3, 0.4) is 0 Å². The van der Waals surface area contributed by atoms with E-state index in [0.717, 1.165) is 10.4 Å². The van der Waals surface area contributed by atoms with Gasteiger partial charge in [-0.3, -0.25) is 9.10 Å². The van der Waals surface area contributed by atoms with Crippen molar-refractivity contribution in [3.63, 3.8) is 0 Å². The number of benzene rings is 3. The Morgan fingerprint density at radius 2 is 1.47 bits per heavy atom. The Morgan fingerprint density at radius 1 is 0.833 bits per heavy atom. The number of hydrogen-bond donors (Lipinski definition) is 0. The van der Waals surface area contributed by atoms with Gasteiger partial charge in [0.1, 0.15) is 17.2 Å². The predicted octanol–water partition coefficient (Wildman–Crippen LogP) is 4.23. The van der Waals surface area contributed by atoms with Crippen LogP contribution in [0.2, 0.25) is 5.02 Å². The standard InChI is InChI=1S/C25H24ClNO8S/c1-27(16-5-7-17(32-2)8-6-16)36(30,31)19-10-11-22(26)20(14-19)25(29)35-15-23(28)21-13-18(33-3)9-12-24(21)34-4/h5-14H,15H2,1-4H3. The summed E-state index contributed by atoms with van der Waals surface area (Å²) in [5.41, 5.74) is 0.340. The van der Waals surface area contributed by atoms with E-state index in [1.165, 1.54) is 46.6 Å². The van der Waals surface area contributed by atoms with Crippen LogP contribution in [0.25, 0.3) is 0 Å². The normalized spacial score (nSPS) is 10.9. The van der Waals surface area contributed by atoms with Gasteiger partial charge < -0.3 is 18.9 Å². The molecule has 0 spiro atoms. The van der Waals surface area contributed by atoms with Crippen LogP contribution in [-0.4, -0.2) is 55.2 Å². The molecule has 0 N–H and O–H groups in total. The van der Waals surface area contributed by atoms with Crippen LogP contribution in [0.15, 0.2) is 65.6 Å². The van der Waals surface area contributed by atoms with Gasteiger partial charge in [-0.1, -0.05) is 11.6 Å². The fraction of sp³-hybridized carbons (Fsp3) is 0.200. The van der Waals surface area contributed by atoms with E-state index in [-0.39, 0.29) is 26.8 Å². The van der Waals surface area contributed by atoms with Crippen LogP contribution in [0.5, 0.6) is 17.2 Å². The van der Waals surface area contributed by atoms with E-state index in [2.05, 4.69) is 0 Å². The summed E-state index contributed by atoms with van der Waals surface area (Å²) in [6.07, 6.45) is 0. The van der Waals surface area contributed by atoms with Gasteiger partial charge in [-0.15, -0.1) is 0 Å². The van der Waals surface area contributed by atoms with Crippen molar-refractivity contribution in [2.45, 2.75) is 4.90 Å². The molecule has 9 nitrogen and oxygen atoms in total. The first kappa shape index (κ1) is 26.8. The lowest BCUT2D eigenvalue weighted by Crippen LogP contribution is -2.26. The number of methoxy groups -OCH3 is 3. The van der Waals surface area contributed by atoms with Crippen LogP contribution >= 0.6 is 11.6 Å². The fourth-order valence-corrected chi connectivity index (χ4v) is 4.65. The zero-order valence-electron chi connectivity index (χ0n) is 20.0. The molecule has 36 heavy (non-hydrogen) atoms. The van der Waals surface area contributed by atoms with E-state index in [9.17, 15) is 18.0 Å². The quantitative estimate of drug-likeness (QED) is 0.281. The molecule has 0 saturated heterocycles. The second kappa shape index (κ2) is 11.3. The smallest absolute Gasteiger partial charge is 0.340 e. The van der Waals surface area contributed by atoms with E-state index in [1.54, 1.807) is 36.4 Å². The number of sulfonamides is 1. The highest BCUT2D eigenvalue weighted by Gasteiger charge is 2.25. The predicted molar refractivity (Wildman–Crippen MR) is 134 cm³/mol. The number of nitrogens with zero attached hydrogens (tertiary/aromatic N) is 1. The number of esters is 1. The number of rotatable bonds is 10. The summed E-state index contributed by atoms with van der Waals surface area (Å²) in [6.45, 7) is -0.624. The summed E-state index contributed by atoms with van der Waals surface area (Å²) in [5, 5.41) is -0.0301. The number of hydrogen-bond acceptors (Lipinski definition) is 8. The molecule has 0 bridgehead atoms. The molecule has 0 saturated carbocycles. The Kier molecular flexibility index (Phi) is 8.44. The summed E-state index contributed by atoms with van der Waals surface area (Å²) < 4.78 is 48.0. The van der Waals surface area contributed by atoms with Gasteiger partial charge in [-0.2, -0.15) is 0 Å². The topological polar surface area (TPSA) is 108 Å². The van der Waals surface area contributed by atoms with Crippen molar-refractivity contribution in [1.82, 2.24) is 0 Å². The molecule has 0 fully saturated rings. The minimum atomic E-state index is -4.05. The maximum Gasteiger partial charge on any atom is 0.340 e. The number of halogens is 1. The SMILES string of the molecule is COc1ccc(N(C)S(=O)(=O)c2ccc(Cl)c(C(=O)OCC(=O)c3cc(OC)ccc3OC)c2)cc1. The average Bonchev–Trinajstić information content (AvgIpc) is 2.90. The minimum absolute atomic E-state index is 0.0301. The molecule has 11 heteroatoms. The third-order valence-electron chi connectivity index (χ3n) is 5.29. The summed E-state index contributed by atoms with van der Waals surface area (Å²) in [4.78, 5) is 25.2. The van der Waals surface area contributed by atoms with Crippen molar-refractivity contribution in [1.29, 1.82) is 0 Å². The monoisotopic (exact) mass is 533 g/mol. The van der Waals surface area contributed by atoms with Crippen molar-refractivity contribution in [2.24, 2.45) is 0 Å². The molecule has 190 valence electrons. The van der Waals surface area contributed by atoms with Crippen molar-refractivity contribution < 1.29 is 37.0 Å². The zero-order chi connectivity index (χ0) is 26.5. The largest absolute Gasteiger partial charge is 0.497 e. The Morgan fingerprint density at radius 3 is 2.08 bits per heavy atom. The Bertz CT molecular complexity index is 1370. The van der Waals surface area contributed by atoms with E-state index in [4.69, 9.17) is 30.5 Å². The molecule has 0 unspecified atom stereocenters. The van der Waals surface area contributed by atoms with Gasteiger partial charge in [-0.05, 0) is 60.7 Å². The van der Waals surface area contributed by atoms with Gasteiger partial charge in [0.15, 0.2) is 6.61 Å². The molecule has 0 radical (unpaired) electrons. The van der Waals surface area contributed by atoms with Crippen molar-refractivity contribution in [3.05, 3.63) is 76.8 Å². The molecule has 0 amide bonds. The van der Waals surface area contributed by atoms with Crippen molar-refractivity contribution in [3.8, 4) is 17.2 Å². The van der Waals surface area contributed by atoms with Gasteiger partial charge >= 0.3 is 5.97 Å². The lowest BCUT2D eigenvalue weighted by Gasteiger charge is -2.20. The van der Waals surface area contributed by atoms with Crippen molar-refractivity contribution in [2.75, 3.05) is 39.3 Å². The molecule has 3 aromatic rings. The highest BCUT2D eigenvalue weighted by Crippen LogP contribution is 2.28. The number of Topliss-reactive ketones (excluding diaryl/α,β-unsaturated/α-hetero) is 1. The van der Waals surface area contributed by atoms with Gasteiger partial charge in [0.2, 0.25) is 5.78 Å². The van der Waals surface area contributed by atoms with Crippen LogP contribution in [0.1, 0.15) is 20.7 Å². The Labute approximate surface area is 214 Å². The molecule has 0 aliphatic carbocycles. The lowest BCUT2D eigenvalue weighted by atomic mass is 10.1. The fourth-order valence-electron chi connectivity index (χ4n) is 3.23. The van der Waals surface area contributed by atoms with Crippen molar-refractivity contribution >= 4 is 39.1 Å². The molecule has 0 atom stereocenters. The first-order chi connectivity index (χ1) is 17.1. The second-order valence-electron chi connectivity index (χ2n) is 7.38. The second-order valence-corrected chi connectivity index (χ2v) is 9.75. The molecule has 3 rings (SSSR count). The average molecular weight is 534 g/mol. The van der Waals surface area contributed by atoms with E-state index < -0.39 is 28.4 Å². The van der Waals surface area contributed by atoms with E-state index in [0.29, 0.717) is 17.2 Å². The number of ether oxygens (including phenoxy) is 4. The maximum absolute atomic E-state index is 13.2. The summed E-state index contributed by atoms with van der Waals surface area (Å²) in [6, 6.07) is 14.7. The third kappa shape index (κ3) is 5.72. The van der Waals surface area contributed by atoms with Crippen LogP contribution < -0.4 is 18.5 Å². The van der Waals surface area contributed by atoms with Gasteiger partial charge in [0.05, 0.1) is 48.1 Å². The lowest BCUT2D eigenvalue weighted by molar-refractivity contribution is 0.0474. The first-order valence-electron chi connectivity index (χ1n) is 10.5. The highest BCUT2D eigenvalue weighted by molar-refractivity contribution is 7.92. The first-order valence-corrected chi connectivity index (χ1v) is 12.3. The summed E-state index contributed by atoms with van der Waals surface area (Å²) >= 11 is 6.15. The molecule has 0 aliphatic heterocycles. The molecular weight excluding hydrogens is 510 g/mol. The molecule has 0 aromatic heterocycles. The summed E-state index contributed by atoms with van der Waals surface area (Å²) in [5.74, 6) is -0.225. The molecular formula is C25H24ClNO8S. The number of carbonyl (C=O) groups excluding carboxylic acids is 2. The van der Waals surface area contributed by atoms with Crippen LogP contribution in [0.4, 0.5) is 5.69 Å². The summed E-state index contributed by atoms with van der Waals surface area (Å²) in [7, 11) is 1.69. The van der Waals surface area contributed by atoms with E-state index >= 15 is 0 Å². The maximum atomic E-state index is 13.2. The van der Waals surface area contributed by atoms with Gasteiger partial charge in [0.25, 0.3) is 10.0 Å². The number of carbonyl (C=O) groups is 2. The minimum Gasteiger partial charge on any atom is -0.497 e. The Balaban J connectivity index is 1.81. The van der Waals surface area contributed by atoms with Crippen LogP contribution in [0, 0.1) is 0 Å². The number of ketones is 1. The zero-order valence-corrected chi connectivity index (χ0v) is 21.6. The molecule has 3 aromatic carbocycles. The van der Waals surface area contributed by atoms with E-state index in [1.807, 2.05) is 0 Å². The van der Waals surface area contributed by atoms with Gasteiger partial charge in [-0.25, -0.2) is 13.2 Å². The highest BCUT2D eigenvalue weighted by atomic mass is 35.5. The number of anilines is 1. The molecule has 0 heterocycles. The molecule has 0 aliphatic rings.